The second-order valence-corrected chi connectivity index (χ2v) is 5.63. The number of carbonyl (C=O) groups is 2. The predicted octanol–water partition coefficient (Wildman–Crippen LogP) is 2.49. The summed E-state index contributed by atoms with van der Waals surface area (Å²) < 4.78 is 0. The first-order valence-electron chi connectivity index (χ1n) is 7.67. The van der Waals surface area contributed by atoms with Crippen molar-refractivity contribution >= 4 is 11.8 Å². The molecule has 0 saturated carbocycles. The van der Waals surface area contributed by atoms with Crippen LogP contribution in [0.15, 0.2) is 54.6 Å². The summed E-state index contributed by atoms with van der Waals surface area (Å²) in [6.07, 6.45) is 0.650. The van der Waals surface area contributed by atoms with Crippen molar-refractivity contribution in [2.24, 2.45) is 0 Å². The zero-order valence-electron chi connectivity index (χ0n) is 13.6. The van der Waals surface area contributed by atoms with Crippen LogP contribution in [0, 0.1) is 0 Å². The van der Waals surface area contributed by atoms with E-state index in [1.54, 1.807) is 14.1 Å². The van der Waals surface area contributed by atoms with Gasteiger partial charge in [0, 0.05) is 27.1 Å². The summed E-state index contributed by atoms with van der Waals surface area (Å²) in [5.74, 6) is -0.0541. The highest BCUT2D eigenvalue weighted by Gasteiger charge is 2.07. The molecule has 0 atom stereocenters. The Morgan fingerprint density at radius 1 is 0.913 bits per heavy atom. The van der Waals surface area contributed by atoms with Crippen LogP contribution in [0.2, 0.25) is 0 Å². The van der Waals surface area contributed by atoms with Gasteiger partial charge < -0.3 is 10.2 Å². The standard InChI is InChI=1S/C19H22N2O2/c1-21(2)19(23)12-13-20-18(22)14-15-8-10-17(11-9-15)16-6-4-3-5-7-16/h3-11H,12-14H2,1-2H3,(H,20,22). The monoisotopic (exact) mass is 310 g/mol. The summed E-state index contributed by atoms with van der Waals surface area (Å²) in [7, 11) is 3.41. The minimum absolute atomic E-state index is 0.0116. The molecule has 23 heavy (non-hydrogen) atoms. The quantitative estimate of drug-likeness (QED) is 0.891. The van der Waals surface area contributed by atoms with Crippen molar-refractivity contribution in [1.82, 2.24) is 10.2 Å². The van der Waals surface area contributed by atoms with Crippen LogP contribution in [0.4, 0.5) is 0 Å². The molecule has 4 heteroatoms. The van der Waals surface area contributed by atoms with Crippen molar-refractivity contribution < 1.29 is 9.59 Å². The number of hydrogen-bond donors (Lipinski definition) is 1. The number of hydrogen-bond acceptors (Lipinski definition) is 2. The lowest BCUT2D eigenvalue weighted by Crippen LogP contribution is -2.31. The molecular weight excluding hydrogens is 288 g/mol. The molecule has 0 aromatic heterocycles. The number of benzene rings is 2. The lowest BCUT2D eigenvalue weighted by atomic mass is 10.0. The first-order valence-corrected chi connectivity index (χ1v) is 7.67. The van der Waals surface area contributed by atoms with E-state index < -0.39 is 0 Å². The van der Waals surface area contributed by atoms with Gasteiger partial charge in [-0.1, -0.05) is 54.6 Å². The molecule has 0 aliphatic carbocycles. The number of nitrogens with one attached hydrogen (secondary N) is 1. The van der Waals surface area contributed by atoms with Crippen molar-refractivity contribution in [2.45, 2.75) is 12.8 Å². The highest BCUT2D eigenvalue weighted by molar-refractivity contribution is 5.80. The van der Waals surface area contributed by atoms with Crippen LogP contribution >= 0.6 is 0 Å². The van der Waals surface area contributed by atoms with Crippen molar-refractivity contribution in [1.29, 1.82) is 0 Å². The molecule has 0 spiro atoms. The van der Waals surface area contributed by atoms with Crippen LogP contribution in [0.5, 0.6) is 0 Å². The molecule has 0 heterocycles. The molecule has 0 radical (unpaired) electrons. The summed E-state index contributed by atoms with van der Waals surface area (Å²) in [6, 6.07) is 18.1. The van der Waals surface area contributed by atoms with Gasteiger partial charge in [-0.3, -0.25) is 9.59 Å². The van der Waals surface area contributed by atoms with Crippen molar-refractivity contribution in [2.75, 3.05) is 20.6 Å². The Kier molecular flexibility index (Phi) is 5.92. The van der Waals surface area contributed by atoms with Gasteiger partial charge in [0.2, 0.25) is 11.8 Å². The third kappa shape index (κ3) is 5.25. The van der Waals surface area contributed by atoms with Crippen molar-refractivity contribution in [3.8, 4) is 11.1 Å². The fourth-order valence-electron chi connectivity index (χ4n) is 2.23. The number of amides is 2. The SMILES string of the molecule is CN(C)C(=O)CCNC(=O)Cc1ccc(-c2ccccc2)cc1. The molecule has 2 aromatic rings. The van der Waals surface area contributed by atoms with Crippen molar-refractivity contribution in [3.63, 3.8) is 0 Å². The van der Waals surface area contributed by atoms with E-state index in [4.69, 9.17) is 0 Å². The first kappa shape index (κ1) is 16.7. The Balaban J connectivity index is 1.84. The summed E-state index contributed by atoms with van der Waals surface area (Å²) >= 11 is 0. The van der Waals surface area contributed by atoms with Gasteiger partial charge in [-0.05, 0) is 16.7 Å². The summed E-state index contributed by atoms with van der Waals surface area (Å²) in [4.78, 5) is 24.8. The van der Waals surface area contributed by atoms with E-state index in [0.717, 1.165) is 16.7 Å². The second kappa shape index (κ2) is 8.13. The Labute approximate surface area is 137 Å². The molecular formula is C19H22N2O2. The van der Waals surface area contributed by atoms with E-state index in [1.807, 2.05) is 42.5 Å². The number of nitrogens with zero attached hydrogens (tertiary/aromatic N) is 1. The molecule has 0 bridgehead atoms. The molecule has 2 aromatic carbocycles. The number of rotatable bonds is 6. The summed E-state index contributed by atoms with van der Waals surface area (Å²) in [6.45, 7) is 0.373. The zero-order chi connectivity index (χ0) is 16.7. The molecule has 0 aliphatic rings. The normalized spacial score (nSPS) is 10.2. The molecule has 2 amide bonds. The molecule has 0 saturated heterocycles. The van der Waals surface area contributed by atoms with Gasteiger partial charge in [-0.25, -0.2) is 0 Å². The Bertz CT molecular complexity index is 649. The Morgan fingerprint density at radius 3 is 2.13 bits per heavy atom. The fraction of sp³-hybridized carbons (Fsp3) is 0.263. The number of carbonyl (C=O) groups excluding carboxylic acids is 2. The topological polar surface area (TPSA) is 49.4 Å². The molecule has 4 nitrogen and oxygen atoms in total. The van der Waals surface area contributed by atoms with Crippen LogP contribution in [-0.2, 0) is 16.0 Å². The third-order valence-electron chi connectivity index (χ3n) is 3.59. The van der Waals surface area contributed by atoms with E-state index in [1.165, 1.54) is 4.90 Å². The molecule has 0 unspecified atom stereocenters. The highest BCUT2D eigenvalue weighted by atomic mass is 16.2. The van der Waals surface area contributed by atoms with E-state index in [-0.39, 0.29) is 11.8 Å². The average Bonchev–Trinajstić information content (AvgIpc) is 2.56. The minimum atomic E-state index is -0.0657. The van der Waals surface area contributed by atoms with Gasteiger partial charge in [0.25, 0.3) is 0 Å². The van der Waals surface area contributed by atoms with Crippen LogP contribution in [0.3, 0.4) is 0 Å². The first-order chi connectivity index (χ1) is 11.1. The van der Waals surface area contributed by atoms with Crippen LogP contribution in [0.1, 0.15) is 12.0 Å². The molecule has 120 valence electrons. The van der Waals surface area contributed by atoms with E-state index in [9.17, 15) is 9.59 Å². The van der Waals surface area contributed by atoms with Crippen LogP contribution < -0.4 is 5.32 Å². The van der Waals surface area contributed by atoms with Gasteiger partial charge in [0.1, 0.15) is 0 Å². The van der Waals surface area contributed by atoms with Gasteiger partial charge >= 0.3 is 0 Å². The summed E-state index contributed by atoms with van der Waals surface area (Å²) in [5.41, 5.74) is 3.25. The minimum Gasteiger partial charge on any atom is -0.355 e. The van der Waals surface area contributed by atoms with Gasteiger partial charge in [0.15, 0.2) is 0 Å². The van der Waals surface area contributed by atoms with Crippen LogP contribution in [0.25, 0.3) is 11.1 Å². The lowest BCUT2D eigenvalue weighted by molar-refractivity contribution is -0.128. The maximum atomic E-state index is 11.9. The molecule has 2 rings (SSSR count). The molecule has 1 N–H and O–H groups in total. The van der Waals surface area contributed by atoms with Crippen LogP contribution in [-0.4, -0.2) is 37.4 Å². The Hall–Kier alpha value is -2.62. The molecule has 0 fully saturated rings. The average molecular weight is 310 g/mol. The highest BCUT2D eigenvalue weighted by Crippen LogP contribution is 2.19. The predicted molar refractivity (Wildman–Crippen MR) is 91.9 cm³/mol. The maximum Gasteiger partial charge on any atom is 0.224 e. The smallest absolute Gasteiger partial charge is 0.224 e. The fourth-order valence-corrected chi connectivity index (χ4v) is 2.23. The zero-order valence-corrected chi connectivity index (χ0v) is 13.6. The second-order valence-electron chi connectivity index (χ2n) is 5.63. The lowest BCUT2D eigenvalue weighted by Gasteiger charge is -2.10. The van der Waals surface area contributed by atoms with Crippen molar-refractivity contribution in [3.05, 3.63) is 60.2 Å². The Morgan fingerprint density at radius 2 is 1.52 bits per heavy atom. The largest absolute Gasteiger partial charge is 0.355 e. The van der Waals surface area contributed by atoms with Gasteiger partial charge in [-0.2, -0.15) is 0 Å². The summed E-state index contributed by atoms with van der Waals surface area (Å²) in [5, 5.41) is 2.78. The molecule has 0 aliphatic heterocycles. The maximum absolute atomic E-state index is 11.9. The van der Waals surface area contributed by atoms with Gasteiger partial charge in [0.05, 0.1) is 6.42 Å². The van der Waals surface area contributed by atoms with E-state index >= 15 is 0 Å². The third-order valence-corrected chi connectivity index (χ3v) is 3.59. The van der Waals surface area contributed by atoms with E-state index in [0.29, 0.717) is 19.4 Å². The van der Waals surface area contributed by atoms with E-state index in [2.05, 4.69) is 17.4 Å². The van der Waals surface area contributed by atoms with Gasteiger partial charge in [-0.15, -0.1) is 0 Å².